The molecule has 4 heteroatoms. The number of hydrogen-bond acceptors (Lipinski definition) is 3. The summed E-state index contributed by atoms with van der Waals surface area (Å²) in [6, 6.07) is -0.641. The van der Waals surface area contributed by atoms with Crippen LogP contribution in [-0.4, -0.2) is 34.9 Å². The molecular formula is C52H91NO3. The second-order valence-electron chi connectivity index (χ2n) is 15.8. The summed E-state index contributed by atoms with van der Waals surface area (Å²) in [6.45, 7) is 4.17. The predicted molar refractivity (Wildman–Crippen MR) is 248 cm³/mol. The van der Waals surface area contributed by atoms with E-state index in [-0.39, 0.29) is 12.5 Å². The molecule has 0 saturated carbocycles. The second kappa shape index (κ2) is 46.9. The van der Waals surface area contributed by atoms with Crippen LogP contribution in [0, 0.1) is 0 Å². The zero-order chi connectivity index (χ0) is 40.7. The molecule has 0 aromatic carbocycles. The van der Waals surface area contributed by atoms with Crippen molar-refractivity contribution in [2.75, 3.05) is 6.61 Å². The Kier molecular flexibility index (Phi) is 44.9. The van der Waals surface area contributed by atoms with Crippen LogP contribution in [0.1, 0.15) is 219 Å². The van der Waals surface area contributed by atoms with Crippen molar-refractivity contribution in [2.24, 2.45) is 0 Å². The summed E-state index contributed by atoms with van der Waals surface area (Å²) < 4.78 is 0. The van der Waals surface area contributed by atoms with Gasteiger partial charge >= 0.3 is 0 Å². The maximum Gasteiger partial charge on any atom is 0.220 e. The molecule has 2 unspecified atom stereocenters. The highest BCUT2D eigenvalue weighted by molar-refractivity contribution is 5.76. The lowest BCUT2D eigenvalue weighted by atomic mass is 10.0. The molecule has 0 radical (unpaired) electrons. The normalized spacial score (nSPS) is 13.7. The largest absolute Gasteiger partial charge is 0.394 e. The SMILES string of the molecule is CC/C=C\C/C=C\C/C=C\C/C=C\C/C=C\CCCCCCCCCCCCCCCCCC(=O)NC(CO)C(O)/C=C/CC/C=C/CCCCCCCCC. The van der Waals surface area contributed by atoms with Gasteiger partial charge in [0.15, 0.2) is 0 Å². The molecule has 0 aliphatic heterocycles. The third-order valence-electron chi connectivity index (χ3n) is 10.4. The van der Waals surface area contributed by atoms with Gasteiger partial charge in [-0.05, 0) is 77.0 Å². The summed E-state index contributed by atoms with van der Waals surface area (Å²) in [5, 5.41) is 23.0. The Morgan fingerprint density at radius 2 is 0.804 bits per heavy atom. The van der Waals surface area contributed by atoms with Crippen molar-refractivity contribution in [1.29, 1.82) is 0 Å². The predicted octanol–water partition coefficient (Wildman–Crippen LogP) is 15.2. The van der Waals surface area contributed by atoms with Crippen molar-refractivity contribution in [3.63, 3.8) is 0 Å². The molecule has 0 heterocycles. The molecule has 0 saturated heterocycles. The highest BCUT2D eigenvalue weighted by atomic mass is 16.3. The van der Waals surface area contributed by atoms with Crippen molar-refractivity contribution in [3.8, 4) is 0 Å². The van der Waals surface area contributed by atoms with Gasteiger partial charge < -0.3 is 15.5 Å². The highest BCUT2D eigenvalue weighted by Gasteiger charge is 2.17. The zero-order valence-electron chi connectivity index (χ0n) is 36.9. The summed E-state index contributed by atoms with van der Waals surface area (Å²) in [5.41, 5.74) is 0. The Bertz CT molecular complexity index is 1020. The maximum atomic E-state index is 12.4. The van der Waals surface area contributed by atoms with Crippen LogP contribution >= 0.6 is 0 Å². The summed E-state index contributed by atoms with van der Waals surface area (Å²) in [4.78, 5) is 12.4. The molecule has 0 aromatic rings. The number of rotatable bonds is 42. The number of unbranched alkanes of at least 4 members (excludes halogenated alkanes) is 23. The standard InChI is InChI=1S/C52H91NO3/c1-3-5-7-9-11-13-15-17-18-19-20-21-22-23-24-25-26-27-28-29-30-31-32-33-34-36-38-40-42-44-46-48-52(56)53-50(49-54)51(55)47-45-43-41-39-37-35-16-14-12-10-8-6-4-2/h5,7,11,13,17-18,20-21,23-24,37,39,45,47,50-51,54-55H,3-4,6,8-10,12,14-16,19,22,25-36,38,40-44,46,48-49H2,1-2H3,(H,53,56)/b7-5-,13-11-,18-17-,21-20-,24-23-,39-37+,47-45+. The number of hydrogen-bond donors (Lipinski definition) is 3. The zero-order valence-corrected chi connectivity index (χ0v) is 36.9. The van der Waals surface area contributed by atoms with Crippen molar-refractivity contribution >= 4 is 5.91 Å². The summed E-state index contributed by atoms with van der Waals surface area (Å²) in [7, 11) is 0. The number of aliphatic hydroxyl groups excluding tert-OH is 2. The lowest BCUT2D eigenvalue weighted by molar-refractivity contribution is -0.123. The van der Waals surface area contributed by atoms with Crippen LogP contribution in [0.5, 0.6) is 0 Å². The van der Waals surface area contributed by atoms with Crippen LogP contribution < -0.4 is 5.32 Å². The van der Waals surface area contributed by atoms with E-state index in [0.29, 0.717) is 6.42 Å². The van der Waals surface area contributed by atoms with E-state index >= 15 is 0 Å². The van der Waals surface area contributed by atoms with E-state index in [1.807, 2.05) is 6.08 Å². The van der Waals surface area contributed by atoms with Crippen molar-refractivity contribution in [2.45, 2.75) is 231 Å². The van der Waals surface area contributed by atoms with Gasteiger partial charge in [0.05, 0.1) is 18.8 Å². The maximum absolute atomic E-state index is 12.4. The average molecular weight is 778 g/mol. The number of carbonyl (C=O) groups excluding carboxylic acids is 1. The smallest absolute Gasteiger partial charge is 0.220 e. The van der Waals surface area contributed by atoms with Gasteiger partial charge in [0.25, 0.3) is 0 Å². The van der Waals surface area contributed by atoms with E-state index in [1.54, 1.807) is 6.08 Å². The fraction of sp³-hybridized carbons (Fsp3) is 0.712. The second-order valence-corrected chi connectivity index (χ2v) is 15.8. The lowest BCUT2D eigenvalue weighted by Gasteiger charge is -2.19. The van der Waals surface area contributed by atoms with Crippen LogP contribution in [0.4, 0.5) is 0 Å². The molecule has 1 amide bonds. The van der Waals surface area contributed by atoms with Crippen LogP contribution in [0.25, 0.3) is 0 Å². The molecule has 56 heavy (non-hydrogen) atoms. The average Bonchev–Trinajstić information content (AvgIpc) is 3.20. The van der Waals surface area contributed by atoms with Gasteiger partial charge in [-0.2, -0.15) is 0 Å². The Labute approximate surface area is 348 Å². The van der Waals surface area contributed by atoms with Gasteiger partial charge in [-0.1, -0.05) is 221 Å². The summed E-state index contributed by atoms with van der Waals surface area (Å²) in [5.74, 6) is -0.0777. The molecule has 0 bridgehead atoms. The van der Waals surface area contributed by atoms with E-state index < -0.39 is 12.1 Å². The monoisotopic (exact) mass is 778 g/mol. The Hall–Kier alpha value is -2.43. The van der Waals surface area contributed by atoms with Crippen LogP contribution in [0.3, 0.4) is 0 Å². The van der Waals surface area contributed by atoms with E-state index in [4.69, 9.17) is 0 Å². The Morgan fingerprint density at radius 3 is 1.25 bits per heavy atom. The number of allylic oxidation sites excluding steroid dienone is 13. The van der Waals surface area contributed by atoms with Crippen LogP contribution in [0.2, 0.25) is 0 Å². The third-order valence-corrected chi connectivity index (χ3v) is 10.4. The van der Waals surface area contributed by atoms with E-state index in [2.05, 4.69) is 92.1 Å². The summed E-state index contributed by atoms with van der Waals surface area (Å²) >= 11 is 0. The van der Waals surface area contributed by atoms with E-state index in [0.717, 1.165) is 64.2 Å². The van der Waals surface area contributed by atoms with E-state index in [9.17, 15) is 15.0 Å². The van der Waals surface area contributed by atoms with Gasteiger partial charge in [0.1, 0.15) is 0 Å². The number of nitrogens with one attached hydrogen (secondary N) is 1. The van der Waals surface area contributed by atoms with Crippen LogP contribution in [0.15, 0.2) is 85.1 Å². The van der Waals surface area contributed by atoms with Gasteiger partial charge in [-0.3, -0.25) is 4.79 Å². The number of aliphatic hydroxyl groups is 2. The first-order valence-corrected chi connectivity index (χ1v) is 23.8. The fourth-order valence-corrected chi connectivity index (χ4v) is 6.75. The molecule has 0 rings (SSSR count). The molecule has 0 fully saturated rings. The Morgan fingerprint density at radius 1 is 0.446 bits per heavy atom. The molecule has 4 nitrogen and oxygen atoms in total. The number of carbonyl (C=O) groups is 1. The molecule has 0 spiro atoms. The molecule has 322 valence electrons. The van der Waals surface area contributed by atoms with E-state index in [1.165, 1.54) is 135 Å². The van der Waals surface area contributed by atoms with Crippen molar-refractivity contribution < 1.29 is 15.0 Å². The minimum absolute atomic E-state index is 0.0777. The quantitative estimate of drug-likeness (QED) is 0.0427. The van der Waals surface area contributed by atoms with Crippen molar-refractivity contribution in [1.82, 2.24) is 5.32 Å². The first kappa shape index (κ1) is 53.6. The van der Waals surface area contributed by atoms with Gasteiger partial charge in [-0.15, -0.1) is 0 Å². The summed E-state index contributed by atoms with van der Waals surface area (Å²) in [6.07, 6.45) is 68.5. The molecular weight excluding hydrogens is 687 g/mol. The minimum Gasteiger partial charge on any atom is -0.394 e. The topological polar surface area (TPSA) is 69.6 Å². The Balaban J connectivity index is 3.54. The minimum atomic E-state index is -0.864. The lowest BCUT2D eigenvalue weighted by Crippen LogP contribution is -2.45. The van der Waals surface area contributed by atoms with Gasteiger partial charge in [-0.25, -0.2) is 0 Å². The van der Waals surface area contributed by atoms with Crippen LogP contribution in [-0.2, 0) is 4.79 Å². The van der Waals surface area contributed by atoms with Gasteiger partial charge in [0, 0.05) is 6.42 Å². The first-order chi connectivity index (χ1) is 27.7. The third kappa shape index (κ3) is 42.7. The molecule has 2 atom stereocenters. The number of amides is 1. The fourth-order valence-electron chi connectivity index (χ4n) is 6.75. The molecule has 3 N–H and O–H groups in total. The first-order valence-electron chi connectivity index (χ1n) is 23.8. The van der Waals surface area contributed by atoms with Gasteiger partial charge in [0.2, 0.25) is 5.91 Å². The van der Waals surface area contributed by atoms with Crippen molar-refractivity contribution in [3.05, 3.63) is 85.1 Å². The molecule has 0 aromatic heterocycles. The highest BCUT2D eigenvalue weighted by Crippen LogP contribution is 2.15. The molecule has 0 aliphatic rings. The molecule has 0 aliphatic carbocycles.